The van der Waals surface area contributed by atoms with Crippen LogP contribution >= 0.6 is 0 Å². The van der Waals surface area contributed by atoms with Crippen molar-refractivity contribution in [3.05, 3.63) is 71.4 Å². The van der Waals surface area contributed by atoms with Crippen LogP contribution in [0.1, 0.15) is 35.5 Å². The summed E-state index contributed by atoms with van der Waals surface area (Å²) >= 11 is 0. The zero-order chi connectivity index (χ0) is 16.7. The molecule has 1 heterocycles. The molecule has 0 saturated carbocycles. The van der Waals surface area contributed by atoms with Crippen LogP contribution in [0, 0.1) is 6.92 Å². The SMILES string of the molecule is CC.Cc1ccccc1C(=O)NCCc1cc2ccccc2[nH]1. The third-order valence-electron chi connectivity index (χ3n) is 3.66. The topological polar surface area (TPSA) is 44.9 Å². The summed E-state index contributed by atoms with van der Waals surface area (Å²) in [6, 6.07) is 18.0. The van der Waals surface area contributed by atoms with Crippen molar-refractivity contribution in [1.29, 1.82) is 0 Å². The van der Waals surface area contributed by atoms with Crippen molar-refractivity contribution in [2.75, 3.05) is 6.54 Å². The Hall–Kier alpha value is -2.55. The molecule has 1 aromatic heterocycles. The number of aryl methyl sites for hydroxylation is 1. The fourth-order valence-electron chi connectivity index (χ4n) is 2.50. The van der Waals surface area contributed by atoms with Crippen LogP contribution in [0.5, 0.6) is 0 Å². The predicted octanol–water partition coefficient (Wildman–Crippen LogP) is 4.48. The van der Waals surface area contributed by atoms with E-state index in [0.717, 1.165) is 28.8 Å². The van der Waals surface area contributed by atoms with Gasteiger partial charge in [-0.1, -0.05) is 50.2 Å². The number of carbonyl (C=O) groups is 1. The van der Waals surface area contributed by atoms with Crippen molar-refractivity contribution in [2.24, 2.45) is 0 Å². The summed E-state index contributed by atoms with van der Waals surface area (Å²) in [6.45, 7) is 6.58. The Morgan fingerprint density at radius 2 is 1.74 bits per heavy atom. The number of amides is 1. The number of carbonyl (C=O) groups excluding carboxylic acids is 1. The zero-order valence-electron chi connectivity index (χ0n) is 14.0. The molecule has 0 aliphatic rings. The second-order valence-corrected chi connectivity index (χ2v) is 5.20. The molecule has 0 aliphatic carbocycles. The Balaban J connectivity index is 0.000000924. The summed E-state index contributed by atoms with van der Waals surface area (Å²) in [5.41, 5.74) is 4.02. The first-order chi connectivity index (χ1) is 11.2. The first-order valence-electron chi connectivity index (χ1n) is 8.14. The highest BCUT2D eigenvalue weighted by Crippen LogP contribution is 2.14. The lowest BCUT2D eigenvalue weighted by Crippen LogP contribution is -2.26. The number of aromatic amines is 1. The summed E-state index contributed by atoms with van der Waals surface area (Å²) in [4.78, 5) is 15.5. The standard InChI is InChI=1S/C18H18N2O.C2H6/c1-13-6-2-4-8-16(13)18(21)19-11-10-15-12-14-7-3-5-9-17(14)20-15;1-2/h2-9,12,20H,10-11H2,1H3,(H,19,21);1-2H3. The van der Waals surface area contributed by atoms with Gasteiger partial charge in [-0.2, -0.15) is 0 Å². The quantitative estimate of drug-likeness (QED) is 0.733. The lowest BCUT2D eigenvalue weighted by atomic mass is 10.1. The van der Waals surface area contributed by atoms with E-state index in [1.807, 2.05) is 57.2 Å². The lowest BCUT2D eigenvalue weighted by molar-refractivity contribution is 0.0953. The number of hydrogen-bond acceptors (Lipinski definition) is 1. The molecule has 120 valence electrons. The fraction of sp³-hybridized carbons (Fsp3) is 0.250. The van der Waals surface area contributed by atoms with Gasteiger partial charge in [0.15, 0.2) is 0 Å². The maximum Gasteiger partial charge on any atom is 0.251 e. The van der Waals surface area contributed by atoms with Gasteiger partial charge in [0.1, 0.15) is 0 Å². The van der Waals surface area contributed by atoms with E-state index in [1.54, 1.807) is 0 Å². The molecule has 3 nitrogen and oxygen atoms in total. The molecule has 0 atom stereocenters. The Morgan fingerprint density at radius 1 is 1.04 bits per heavy atom. The minimum atomic E-state index is -0.00999. The van der Waals surface area contributed by atoms with E-state index >= 15 is 0 Å². The number of rotatable bonds is 4. The van der Waals surface area contributed by atoms with Gasteiger partial charge in [0.2, 0.25) is 0 Å². The average molecular weight is 308 g/mol. The molecular weight excluding hydrogens is 284 g/mol. The molecule has 0 bridgehead atoms. The molecule has 3 rings (SSSR count). The third kappa shape index (κ3) is 4.22. The largest absolute Gasteiger partial charge is 0.358 e. The second kappa shape index (κ2) is 8.18. The Labute approximate surface area is 137 Å². The van der Waals surface area contributed by atoms with Crippen molar-refractivity contribution in [2.45, 2.75) is 27.2 Å². The van der Waals surface area contributed by atoms with E-state index in [9.17, 15) is 4.79 Å². The minimum absolute atomic E-state index is 0.00999. The molecule has 0 radical (unpaired) electrons. The number of benzene rings is 2. The molecule has 0 unspecified atom stereocenters. The van der Waals surface area contributed by atoms with Crippen molar-refractivity contribution in [3.8, 4) is 0 Å². The Morgan fingerprint density at radius 3 is 2.48 bits per heavy atom. The molecule has 2 aromatic carbocycles. The molecule has 0 saturated heterocycles. The summed E-state index contributed by atoms with van der Waals surface area (Å²) in [6.07, 6.45) is 0.798. The summed E-state index contributed by atoms with van der Waals surface area (Å²) in [5, 5.41) is 4.18. The number of hydrogen-bond donors (Lipinski definition) is 2. The third-order valence-corrected chi connectivity index (χ3v) is 3.66. The molecule has 0 fully saturated rings. The number of nitrogens with one attached hydrogen (secondary N) is 2. The summed E-state index contributed by atoms with van der Waals surface area (Å²) in [5.74, 6) is -0.00999. The maximum atomic E-state index is 12.1. The van der Waals surface area contributed by atoms with Gasteiger partial charge >= 0.3 is 0 Å². The van der Waals surface area contributed by atoms with Crippen molar-refractivity contribution in [3.63, 3.8) is 0 Å². The van der Waals surface area contributed by atoms with Crippen LogP contribution in [0.3, 0.4) is 0 Å². The molecule has 3 aromatic rings. The normalized spacial score (nSPS) is 10.0. The van der Waals surface area contributed by atoms with Gasteiger partial charge in [-0.05, 0) is 36.1 Å². The van der Waals surface area contributed by atoms with Crippen LogP contribution in [0.4, 0.5) is 0 Å². The van der Waals surface area contributed by atoms with Crippen molar-refractivity contribution < 1.29 is 4.79 Å². The van der Waals surface area contributed by atoms with E-state index in [-0.39, 0.29) is 5.91 Å². The summed E-state index contributed by atoms with van der Waals surface area (Å²) < 4.78 is 0. The molecule has 2 N–H and O–H groups in total. The molecule has 3 heteroatoms. The Kier molecular flexibility index (Phi) is 5.98. The monoisotopic (exact) mass is 308 g/mol. The number of fused-ring (bicyclic) bond motifs is 1. The second-order valence-electron chi connectivity index (χ2n) is 5.20. The first-order valence-corrected chi connectivity index (χ1v) is 8.14. The van der Waals surface area contributed by atoms with Gasteiger partial charge in [-0.15, -0.1) is 0 Å². The predicted molar refractivity (Wildman–Crippen MR) is 96.9 cm³/mol. The minimum Gasteiger partial charge on any atom is -0.358 e. The number of aromatic nitrogens is 1. The van der Waals surface area contributed by atoms with Crippen LogP contribution in [0.15, 0.2) is 54.6 Å². The van der Waals surface area contributed by atoms with Gasteiger partial charge in [0, 0.05) is 29.7 Å². The molecule has 0 spiro atoms. The van der Waals surface area contributed by atoms with Crippen LogP contribution < -0.4 is 5.32 Å². The van der Waals surface area contributed by atoms with Gasteiger partial charge in [-0.25, -0.2) is 0 Å². The van der Waals surface area contributed by atoms with Gasteiger partial charge in [0.05, 0.1) is 0 Å². The highest BCUT2D eigenvalue weighted by Gasteiger charge is 2.07. The molecule has 23 heavy (non-hydrogen) atoms. The smallest absolute Gasteiger partial charge is 0.251 e. The van der Waals surface area contributed by atoms with E-state index in [4.69, 9.17) is 0 Å². The van der Waals surface area contributed by atoms with Crippen molar-refractivity contribution in [1.82, 2.24) is 10.3 Å². The Bertz CT molecular complexity index is 741. The zero-order valence-corrected chi connectivity index (χ0v) is 14.0. The van der Waals surface area contributed by atoms with E-state index in [0.29, 0.717) is 6.54 Å². The lowest BCUT2D eigenvalue weighted by Gasteiger charge is -2.06. The van der Waals surface area contributed by atoms with Gasteiger partial charge in [-0.3, -0.25) is 4.79 Å². The summed E-state index contributed by atoms with van der Waals surface area (Å²) in [7, 11) is 0. The molecule has 0 aliphatic heterocycles. The maximum absolute atomic E-state index is 12.1. The van der Waals surface area contributed by atoms with Crippen LogP contribution in [-0.4, -0.2) is 17.4 Å². The van der Waals surface area contributed by atoms with E-state index in [2.05, 4.69) is 28.5 Å². The van der Waals surface area contributed by atoms with Crippen LogP contribution in [0.25, 0.3) is 10.9 Å². The highest BCUT2D eigenvalue weighted by atomic mass is 16.1. The first kappa shape index (κ1) is 16.8. The molecule has 1 amide bonds. The van der Waals surface area contributed by atoms with Crippen molar-refractivity contribution >= 4 is 16.8 Å². The molecular formula is C20H24N2O. The highest BCUT2D eigenvalue weighted by molar-refractivity contribution is 5.95. The van der Waals surface area contributed by atoms with E-state index in [1.165, 1.54) is 5.39 Å². The fourth-order valence-corrected chi connectivity index (χ4v) is 2.50. The van der Waals surface area contributed by atoms with E-state index < -0.39 is 0 Å². The van der Waals surface area contributed by atoms with Gasteiger partial charge in [0.25, 0.3) is 5.91 Å². The van der Waals surface area contributed by atoms with Crippen LogP contribution in [-0.2, 0) is 6.42 Å². The number of para-hydroxylation sites is 1. The average Bonchev–Trinajstić information content (AvgIpc) is 2.99. The number of H-pyrrole nitrogens is 1. The van der Waals surface area contributed by atoms with Gasteiger partial charge < -0.3 is 10.3 Å². The van der Waals surface area contributed by atoms with Crippen LogP contribution in [0.2, 0.25) is 0 Å².